The Morgan fingerprint density at radius 3 is 2.62 bits per heavy atom. The summed E-state index contributed by atoms with van der Waals surface area (Å²) in [5.41, 5.74) is 4.21. The first-order valence-electron chi connectivity index (χ1n) is 6.64. The zero-order valence-electron chi connectivity index (χ0n) is 11.6. The van der Waals surface area contributed by atoms with Gasteiger partial charge in [0.25, 0.3) is 0 Å². The maximum atomic E-state index is 4.47. The number of benzene rings is 1. The number of hydrogen-bond donors (Lipinski definition) is 0. The SMILES string of the molecule is Cc1cc(C)n(-c2ncnc3c2nnc2ccccc23)n1. The molecule has 0 unspecified atom stereocenters. The van der Waals surface area contributed by atoms with E-state index in [1.165, 1.54) is 0 Å². The molecule has 4 rings (SSSR count). The Balaban J connectivity index is 2.12. The van der Waals surface area contributed by atoms with Gasteiger partial charge in [-0.25, -0.2) is 14.6 Å². The maximum Gasteiger partial charge on any atom is 0.185 e. The Morgan fingerprint density at radius 2 is 1.81 bits per heavy atom. The van der Waals surface area contributed by atoms with Crippen LogP contribution in [0.4, 0.5) is 0 Å². The fourth-order valence-corrected chi connectivity index (χ4v) is 2.52. The molecule has 3 aromatic heterocycles. The van der Waals surface area contributed by atoms with Crippen molar-refractivity contribution in [2.75, 3.05) is 0 Å². The predicted octanol–water partition coefficient (Wildman–Crippen LogP) is 2.38. The minimum absolute atomic E-state index is 0.655. The van der Waals surface area contributed by atoms with Crippen LogP contribution < -0.4 is 0 Å². The molecule has 0 aliphatic rings. The number of aromatic nitrogens is 6. The Morgan fingerprint density at radius 1 is 0.952 bits per heavy atom. The molecule has 3 heterocycles. The molecule has 0 atom stereocenters. The van der Waals surface area contributed by atoms with Crippen LogP contribution in [0.15, 0.2) is 36.7 Å². The van der Waals surface area contributed by atoms with Crippen molar-refractivity contribution >= 4 is 21.9 Å². The van der Waals surface area contributed by atoms with Crippen molar-refractivity contribution in [2.24, 2.45) is 0 Å². The van der Waals surface area contributed by atoms with E-state index < -0.39 is 0 Å². The lowest BCUT2D eigenvalue weighted by Gasteiger charge is -2.07. The lowest BCUT2D eigenvalue weighted by Crippen LogP contribution is -2.05. The predicted molar refractivity (Wildman–Crippen MR) is 79.2 cm³/mol. The Kier molecular flexibility index (Phi) is 2.44. The van der Waals surface area contributed by atoms with Gasteiger partial charge >= 0.3 is 0 Å². The van der Waals surface area contributed by atoms with E-state index in [0.29, 0.717) is 11.3 Å². The van der Waals surface area contributed by atoms with Crippen molar-refractivity contribution in [3.8, 4) is 5.82 Å². The second-order valence-corrected chi connectivity index (χ2v) is 4.95. The fraction of sp³-hybridized carbons (Fsp3) is 0.133. The molecule has 21 heavy (non-hydrogen) atoms. The van der Waals surface area contributed by atoms with Gasteiger partial charge in [0.05, 0.1) is 11.2 Å². The highest BCUT2D eigenvalue weighted by Gasteiger charge is 2.13. The molecular weight excluding hydrogens is 264 g/mol. The summed E-state index contributed by atoms with van der Waals surface area (Å²) in [6.07, 6.45) is 1.54. The molecule has 0 saturated carbocycles. The van der Waals surface area contributed by atoms with Gasteiger partial charge in [0.15, 0.2) is 11.3 Å². The van der Waals surface area contributed by atoms with Gasteiger partial charge in [-0.1, -0.05) is 18.2 Å². The molecule has 0 aliphatic heterocycles. The summed E-state index contributed by atoms with van der Waals surface area (Å²) < 4.78 is 1.78. The topological polar surface area (TPSA) is 69.4 Å². The lowest BCUT2D eigenvalue weighted by molar-refractivity contribution is 0.805. The van der Waals surface area contributed by atoms with E-state index in [1.54, 1.807) is 11.0 Å². The highest BCUT2D eigenvalue weighted by Crippen LogP contribution is 2.23. The van der Waals surface area contributed by atoms with Gasteiger partial charge in [-0.2, -0.15) is 5.10 Å². The van der Waals surface area contributed by atoms with Crippen molar-refractivity contribution in [3.05, 3.63) is 48.0 Å². The van der Waals surface area contributed by atoms with Crippen molar-refractivity contribution in [1.82, 2.24) is 29.9 Å². The summed E-state index contributed by atoms with van der Waals surface area (Å²) >= 11 is 0. The summed E-state index contributed by atoms with van der Waals surface area (Å²) in [4.78, 5) is 8.72. The largest absolute Gasteiger partial charge is 0.234 e. The van der Waals surface area contributed by atoms with Crippen LogP contribution in [0.2, 0.25) is 0 Å². The molecule has 6 nitrogen and oxygen atoms in total. The first-order valence-corrected chi connectivity index (χ1v) is 6.64. The molecule has 0 bridgehead atoms. The van der Waals surface area contributed by atoms with E-state index in [1.807, 2.05) is 44.2 Å². The molecule has 0 N–H and O–H groups in total. The van der Waals surface area contributed by atoms with E-state index in [9.17, 15) is 0 Å². The number of rotatable bonds is 1. The number of hydrogen-bond acceptors (Lipinski definition) is 5. The van der Waals surface area contributed by atoms with Crippen LogP contribution in [0.3, 0.4) is 0 Å². The molecule has 0 radical (unpaired) electrons. The van der Waals surface area contributed by atoms with Gasteiger partial charge in [0, 0.05) is 11.1 Å². The smallest absolute Gasteiger partial charge is 0.185 e. The summed E-state index contributed by atoms with van der Waals surface area (Å²) in [6.45, 7) is 3.94. The maximum absolute atomic E-state index is 4.47. The summed E-state index contributed by atoms with van der Waals surface area (Å²) in [5.74, 6) is 0.656. The molecule has 0 amide bonds. The molecule has 0 fully saturated rings. The molecule has 6 heteroatoms. The zero-order chi connectivity index (χ0) is 14.4. The van der Waals surface area contributed by atoms with E-state index >= 15 is 0 Å². The minimum atomic E-state index is 0.655. The van der Waals surface area contributed by atoms with Gasteiger partial charge in [0.2, 0.25) is 0 Å². The van der Waals surface area contributed by atoms with Crippen molar-refractivity contribution in [3.63, 3.8) is 0 Å². The van der Waals surface area contributed by atoms with Crippen LogP contribution in [-0.4, -0.2) is 29.9 Å². The first kappa shape index (κ1) is 11.9. The fourth-order valence-electron chi connectivity index (χ4n) is 2.52. The van der Waals surface area contributed by atoms with Crippen molar-refractivity contribution in [1.29, 1.82) is 0 Å². The van der Waals surface area contributed by atoms with Crippen LogP contribution >= 0.6 is 0 Å². The van der Waals surface area contributed by atoms with Gasteiger partial charge < -0.3 is 0 Å². The van der Waals surface area contributed by atoms with E-state index in [0.717, 1.165) is 27.8 Å². The Bertz CT molecular complexity index is 972. The molecule has 102 valence electrons. The molecule has 0 spiro atoms. The number of nitrogens with zero attached hydrogens (tertiary/aromatic N) is 6. The summed E-state index contributed by atoms with van der Waals surface area (Å²) in [7, 11) is 0. The highest BCUT2D eigenvalue weighted by atomic mass is 15.3. The molecule has 4 aromatic rings. The van der Waals surface area contributed by atoms with E-state index in [-0.39, 0.29) is 0 Å². The third-order valence-corrected chi connectivity index (χ3v) is 3.43. The first-order chi connectivity index (χ1) is 10.2. The van der Waals surface area contributed by atoms with Crippen LogP contribution in [0.1, 0.15) is 11.4 Å². The van der Waals surface area contributed by atoms with Crippen molar-refractivity contribution < 1.29 is 0 Å². The Labute approximate surface area is 120 Å². The normalized spacial score (nSPS) is 11.3. The van der Waals surface area contributed by atoms with Gasteiger partial charge in [-0.3, -0.25) is 0 Å². The van der Waals surface area contributed by atoms with E-state index in [2.05, 4.69) is 25.3 Å². The van der Waals surface area contributed by atoms with Crippen LogP contribution in [0.25, 0.3) is 27.8 Å². The highest BCUT2D eigenvalue weighted by molar-refractivity contribution is 6.02. The average molecular weight is 276 g/mol. The van der Waals surface area contributed by atoms with Gasteiger partial charge in [-0.05, 0) is 26.0 Å². The number of aryl methyl sites for hydroxylation is 2. The summed E-state index contributed by atoms with van der Waals surface area (Å²) in [6, 6.07) is 9.82. The Hall–Kier alpha value is -2.89. The van der Waals surface area contributed by atoms with Crippen LogP contribution in [0.5, 0.6) is 0 Å². The molecular formula is C15H12N6. The second-order valence-electron chi connectivity index (χ2n) is 4.95. The standard InChI is InChI=1S/C15H12N6/c1-9-7-10(2)21(20-9)15-14-13(16-8-17-15)11-5-3-4-6-12(11)18-19-14/h3-8H,1-2H3. The molecule has 0 aliphatic carbocycles. The van der Waals surface area contributed by atoms with Crippen molar-refractivity contribution in [2.45, 2.75) is 13.8 Å². The lowest BCUT2D eigenvalue weighted by atomic mass is 10.2. The molecule has 0 saturated heterocycles. The second kappa shape index (κ2) is 4.31. The number of fused-ring (bicyclic) bond motifs is 3. The van der Waals surface area contributed by atoms with Crippen LogP contribution in [0, 0.1) is 13.8 Å². The quantitative estimate of drug-likeness (QED) is 0.499. The third-order valence-electron chi connectivity index (χ3n) is 3.43. The zero-order valence-corrected chi connectivity index (χ0v) is 11.6. The van der Waals surface area contributed by atoms with Gasteiger partial charge in [-0.15, -0.1) is 10.2 Å². The third kappa shape index (κ3) is 1.76. The monoisotopic (exact) mass is 276 g/mol. The molecule has 1 aromatic carbocycles. The average Bonchev–Trinajstić information content (AvgIpc) is 2.85. The minimum Gasteiger partial charge on any atom is -0.234 e. The van der Waals surface area contributed by atoms with Crippen LogP contribution in [-0.2, 0) is 0 Å². The van der Waals surface area contributed by atoms with Gasteiger partial charge in [0.1, 0.15) is 11.8 Å². The van der Waals surface area contributed by atoms with E-state index in [4.69, 9.17) is 0 Å². The summed E-state index contributed by atoms with van der Waals surface area (Å²) in [5, 5.41) is 14.0.